The van der Waals surface area contributed by atoms with Gasteiger partial charge in [-0.2, -0.15) is 0 Å². The van der Waals surface area contributed by atoms with Gasteiger partial charge in [-0.3, -0.25) is 24.0 Å². The van der Waals surface area contributed by atoms with Gasteiger partial charge in [-0.05, 0) is 25.3 Å². The minimum Gasteiger partial charge on any atom is -0.355 e. The summed E-state index contributed by atoms with van der Waals surface area (Å²) >= 11 is 0. The van der Waals surface area contributed by atoms with Crippen molar-refractivity contribution in [3.63, 3.8) is 0 Å². The zero-order chi connectivity index (χ0) is 18.7. The highest BCUT2D eigenvalue weighted by molar-refractivity contribution is 5.91. The molecule has 0 saturated carbocycles. The minimum atomic E-state index is -0.0917. The van der Waals surface area contributed by atoms with Crippen molar-refractivity contribution in [1.82, 2.24) is 30.5 Å². The van der Waals surface area contributed by atoms with Gasteiger partial charge in [0.05, 0.1) is 18.7 Å². The standard InChI is InChI=1S/C17H26N6O3/c1-11(24)16-10-23(21-20-16)8-14-7-13-3-6-22(14)9-15(13)17(26)19-5-4-18-12(2)25/h10,13-15H,3-9H2,1-2H3,(H,18,25)(H,19,26)/t13?,14-,15+/m1/s1. The second kappa shape index (κ2) is 7.94. The van der Waals surface area contributed by atoms with Crippen LogP contribution in [0.2, 0.25) is 0 Å². The van der Waals surface area contributed by atoms with E-state index in [4.69, 9.17) is 0 Å². The van der Waals surface area contributed by atoms with Gasteiger partial charge >= 0.3 is 0 Å². The van der Waals surface area contributed by atoms with Crippen LogP contribution in [0.1, 0.15) is 37.2 Å². The molecule has 2 bridgehead atoms. The van der Waals surface area contributed by atoms with E-state index in [0.29, 0.717) is 37.3 Å². The Morgan fingerprint density at radius 1 is 1.23 bits per heavy atom. The Balaban J connectivity index is 1.51. The van der Waals surface area contributed by atoms with Crippen molar-refractivity contribution in [2.45, 2.75) is 39.3 Å². The van der Waals surface area contributed by atoms with Crippen molar-refractivity contribution in [1.29, 1.82) is 0 Å². The van der Waals surface area contributed by atoms with Crippen LogP contribution in [0.25, 0.3) is 0 Å². The van der Waals surface area contributed by atoms with E-state index in [9.17, 15) is 14.4 Å². The smallest absolute Gasteiger partial charge is 0.224 e. The molecule has 26 heavy (non-hydrogen) atoms. The fourth-order valence-electron chi connectivity index (χ4n) is 3.95. The highest BCUT2D eigenvalue weighted by Crippen LogP contribution is 2.36. The van der Waals surface area contributed by atoms with Crippen LogP contribution in [0.3, 0.4) is 0 Å². The zero-order valence-corrected chi connectivity index (χ0v) is 15.3. The molecular weight excluding hydrogens is 336 g/mol. The number of hydrogen-bond donors (Lipinski definition) is 2. The maximum absolute atomic E-state index is 12.5. The summed E-state index contributed by atoms with van der Waals surface area (Å²) in [6.07, 6.45) is 3.66. The van der Waals surface area contributed by atoms with Gasteiger partial charge in [0.15, 0.2) is 5.78 Å². The predicted molar refractivity (Wildman–Crippen MR) is 93.3 cm³/mol. The predicted octanol–water partition coefficient (Wildman–Crippen LogP) is -0.557. The lowest BCUT2D eigenvalue weighted by Crippen LogP contribution is -2.58. The van der Waals surface area contributed by atoms with Crippen LogP contribution in [-0.2, 0) is 16.1 Å². The van der Waals surface area contributed by atoms with Crippen LogP contribution in [-0.4, -0.2) is 69.7 Å². The monoisotopic (exact) mass is 362 g/mol. The number of carbonyl (C=O) groups is 3. The van der Waals surface area contributed by atoms with Crippen molar-refractivity contribution < 1.29 is 14.4 Å². The molecule has 1 aromatic heterocycles. The second-order valence-electron chi connectivity index (χ2n) is 7.20. The number of hydrogen-bond acceptors (Lipinski definition) is 6. The van der Waals surface area contributed by atoms with Gasteiger partial charge in [-0.15, -0.1) is 5.10 Å². The van der Waals surface area contributed by atoms with Crippen molar-refractivity contribution in [3.05, 3.63) is 11.9 Å². The Labute approximate surface area is 152 Å². The van der Waals surface area contributed by atoms with E-state index in [2.05, 4.69) is 25.8 Å². The number of aromatic nitrogens is 3. The van der Waals surface area contributed by atoms with Crippen molar-refractivity contribution in [3.8, 4) is 0 Å². The first-order chi connectivity index (χ1) is 12.4. The lowest BCUT2D eigenvalue weighted by atomic mass is 9.75. The van der Waals surface area contributed by atoms with E-state index < -0.39 is 0 Å². The number of rotatable bonds is 7. The first-order valence-corrected chi connectivity index (χ1v) is 9.11. The number of fused-ring (bicyclic) bond motifs is 3. The third-order valence-corrected chi connectivity index (χ3v) is 5.31. The largest absolute Gasteiger partial charge is 0.355 e. The molecule has 3 aliphatic heterocycles. The Morgan fingerprint density at radius 3 is 2.62 bits per heavy atom. The van der Waals surface area contributed by atoms with Crippen LogP contribution in [0.4, 0.5) is 0 Å². The van der Waals surface area contributed by atoms with E-state index in [1.165, 1.54) is 13.8 Å². The molecule has 142 valence electrons. The molecule has 4 rings (SSSR count). The summed E-state index contributed by atoms with van der Waals surface area (Å²) in [6.45, 7) is 6.27. The van der Waals surface area contributed by atoms with Crippen LogP contribution < -0.4 is 10.6 Å². The van der Waals surface area contributed by atoms with Gasteiger partial charge in [-0.1, -0.05) is 5.21 Å². The fourth-order valence-corrected chi connectivity index (χ4v) is 3.95. The zero-order valence-electron chi connectivity index (χ0n) is 15.3. The number of piperidine rings is 3. The van der Waals surface area contributed by atoms with E-state index in [1.54, 1.807) is 10.9 Å². The average molecular weight is 362 g/mol. The normalized spacial score (nSPS) is 27.2. The molecule has 2 unspecified atom stereocenters. The van der Waals surface area contributed by atoms with Crippen LogP contribution in [0.5, 0.6) is 0 Å². The van der Waals surface area contributed by atoms with Gasteiger partial charge in [0.2, 0.25) is 11.8 Å². The number of Topliss-reactive ketones (excluding diaryl/α,β-unsaturated/α-hetero) is 1. The summed E-state index contributed by atoms with van der Waals surface area (Å²) < 4.78 is 1.73. The molecule has 2 N–H and O–H groups in total. The quantitative estimate of drug-likeness (QED) is 0.497. The second-order valence-corrected chi connectivity index (χ2v) is 7.20. The lowest BCUT2D eigenvalue weighted by molar-refractivity contribution is -0.133. The maximum atomic E-state index is 12.5. The average Bonchev–Trinajstić information content (AvgIpc) is 3.08. The molecular formula is C17H26N6O3. The molecule has 0 radical (unpaired) electrons. The summed E-state index contributed by atoms with van der Waals surface area (Å²) in [7, 11) is 0. The molecule has 3 saturated heterocycles. The van der Waals surface area contributed by atoms with E-state index in [-0.39, 0.29) is 23.5 Å². The number of amides is 2. The molecule has 1 aromatic rings. The van der Waals surface area contributed by atoms with E-state index in [0.717, 1.165) is 25.9 Å². The molecule has 2 amide bonds. The molecule has 3 aliphatic rings. The Kier molecular flexibility index (Phi) is 5.65. The van der Waals surface area contributed by atoms with Crippen LogP contribution >= 0.6 is 0 Å². The molecule has 0 spiro atoms. The Bertz CT molecular complexity index is 688. The van der Waals surface area contributed by atoms with Gasteiger partial charge in [0.25, 0.3) is 0 Å². The lowest BCUT2D eigenvalue weighted by Gasteiger charge is -2.49. The highest BCUT2D eigenvalue weighted by atomic mass is 16.2. The molecule has 4 heterocycles. The molecule has 3 fully saturated rings. The summed E-state index contributed by atoms with van der Waals surface area (Å²) in [5.41, 5.74) is 0.386. The molecule has 9 heteroatoms. The van der Waals surface area contributed by atoms with Crippen molar-refractivity contribution in [2.24, 2.45) is 11.8 Å². The summed E-state index contributed by atoms with van der Waals surface area (Å²) in [4.78, 5) is 37.0. The fraction of sp³-hybridized carbons (Fsp3) is 0.706. The SMILES string of the molecule is CC(=O)NCCNC(=O)[C@H]1CN2CCC1C[C@@H]2Cn1cc(C(C)=O)nn1. The first kappa shape index (κ1) is 18.5. The molecule has 4 atom stereocenters. The molecule has 0 aromatic carbocycles. The van der Waals surface area contributed by atoms with Gasteiger partial charge in [0, 0.05) is 39.5 Å². The van der Waals surface area contributed by atoms with E-state index in [1.807, 2.05) is 0 Å². The molecule has 0 aliphatic carbocycles. The van der Waals surface area contributed by atoms with Gasteiger partial charge in [0.1, 0.15) is 5.69 Å². The van der Waals surface area contributed by atoms with Gasteiger partial charge < -0.3 is 10.6 Å². The van der Waals surface area contributed by atoms with Crippen molar-refractivity contribution in [2.75, 3.05) is 26.2 Å². The van der Waals surface area contributed by atoms with Crippen LogP contribution in [0.15, 0.2) is 6.20 Å². The summed E-state index contributed by atoms with van der Waals surface area (Å²) in [5, 5.41) is 13.5. The number of ketones is 1. The highest BCUT2D eigenvalue weighted by Gasteiger charge is 2.43. The number of carbonyl (C=O) groups excluding carboxylic acids is 3. The van der Waals surface area contributed by atoms with E-state index >= 15 is 0 Å². The third kappa shape index (κ3) is 4.27. The Hall–Kier alpha value is -2.29. The number of nitrogens with one attached hydrogen (secondary N) is 2. The maximum Gasteiger partial charge on any atom is 0.224 e. The number of nitrogens with zero attached hydrogens (tertiary/aromatic N) is 4. The first-order valence-electron chi connectivity index (χ1n) is 9.11. The topological polar surface area (TPSA) is 109 Å². The third-order valence-electron chi connectivity index (χ3n) is 5.31. The minimum absolute atomic E-state index is 0.000792. The van der Waals surface area contributed by atoms with Gasteiger partial charge in [-0.25, -0.2) is 0 Å². The molecule has 9 nitrogen and oxygen atoms in total. The summed E-state index contributed by atoms with van der Waals surface area (Å²) in [6, 6.07) is 0.318. The van der Waals surface area contributed by atoms with Crippen molar-refractivity contribution >= 4 is 17.6 Å². The van der Waals surface area contributed by atoms with Crippen LogP contribution in [0, 0.1) is 11.8 Å². The Morgan fingerprint density at radius 2 is 2.00 bits per heavy atom. The summed E-state index contributed by atoms with van der Waals surface area (Å²) in [5.74, 6) is 0.259.